The number of aromatic nitrogens is 1. The molecule has 34 heavy (non-hydrogen) atoms. The van der Waals surface area contributed by atoms with Gasteiger partial charge in [0.15, 0.2) is 5.13 Å². The Morgan fingerprint density at radius 3 is 2.68 bits per heavy atom. The summed E-state index contributed by atoms with van der Waals surface area (Å²) in [5.74, 6) is -0.752. The van der Waals surface area contributed by atoms with Crippen molar-refractivity contribution in [1.82, 2.24) is 9.88 Å². The zero-order chi connectivity index (χ0) is 24.2. The maximum Gasteiger partial charge on any atom is 0.293 e. The first-order valence-electron chi connectivity index (χ1n) is 11.0. The zero-order valence-corrected chi connectivity index (χ0v) is 19.9. The molecule has 0 unspecified atom stereocenters. The van der Waals surface area contributed by atoms with Crippen LogP contribution in [0.5, 0.6) is 0 Å². The van der Waals surface area contributed by atoms with E-state index in [1.165, 1.54) is 34.4 Å². The van der Waals surface area contributed by atoms with Gasteiger partial charge in [0.1, 0.15) is 11.5 Å². The van der Waals surface area contributed by atoms with Crippen LogP contribution in [0, 0.1) is 15.9 Å². The number of carbonyl (C=O) groups excluding carboxylic acids is 1. The van der Waals surface area contributed by atoms with Gasteiger partial charge in [0.2, 0.25) is 0 Å². The second-order valence-corrected chi connectivity index (χ2v) is 9.29. The van der Waals surface area contributed by atoms with Crippen molar-refractivity contribution in [1.29, 1.82) is 0 Å². The molecule has 0 saturated carbocycles. The number of nitrogens with zero attached hydrogens (tertiary/aromatic N) is 5. The number of benzene rings is 2. The molecule has 1 aliphatic rings. The largest absolute Gasteiger partial charge is 0.378 e. The zero-order valence-electron chi connectivity index (χ0n) is 19.1. The highest BCUT2D eigenvalue weighted by Crippen LogP contribution is 2.33. The SMILES string of the molecule is CN(C)CCCN(C(=O)c1ccc(N2CCOCC2)c([N+](=O)[O-])c1)c1nc2ccc(F)cc2s1. The Hall–Kier alpha value is -3.15. The van der Waals surface area contributed by atoms with Crippen LogP contribution >= 0.6 is 11.3 Å². The van der Waals surface area contributed by atoms with Crippen LogP contribution in [-0.4, -0.2) is 74.2 Å². The lowest BCUT2D eigenvalue weighted by Crippen LogP contribution is -2.37. The fourth-order valence-corrected chi connectivity index (χ4v) is 4.88. The summed E-state index contributed by atoms with van der Waals surface area (Å²) in [5.41, 5.74) is 1.16. The van der Waals surface area contributed by atoms with E-state index in [4.69, 9.17) is 4.74 Å². The van der Waals surface area contributed by atoms with Crippen molar-refractivity contribution in [3.05, 3.63) is 57.9 Å². The molecule has 0 aliphatic carbocycles. The van der Waals surface area contributed by atoms with E-state index in [0.29, 0.717) is 60.3 Å². The van der Waals surface area contributed by atoms with Crippen LogP contribution in [0.1, 0.15) is 16.8 Å². The number of halogens is 1. The minimum absolute atomic E-state index is 0.118. The average molecular weight is 488 g/mol. The third-order valence-corrected chi connectivity index (χ3v) is 6.61. The Labute approximate surface area is 200 Å². The molecule has 3 aromatic rings. The molecule has 0 bridgehead atoms. The summed E-state index contributed by atoms with van der Waals surface area (Å²) in [6.45, 7) is 3.21. The first kappa shape index (κ1) is 24.0. The number of ether oxygens (including phenoxy) is 1. The summed E-state index contributed by atoms with van der Waals surface area (Å²) in [4.78, 5) is 34.9. The molecule has 1 amide bonds. The maximum absolute atomic E-state index is 13.7. The normalized spacial score (nSPS) is 14.1. The van der Waals surface area contributed by atoms with E-state index < -0.39 is 4.92 Å². The number of carbonyl (C=O) groups is 1. The average Bonchev–Trinajstić information content (AvgIpc) is 3.24. The van der Waals surface area contributed by atoms with Crippen molar-refractivity contribution in [2.45, 2.75) is 6.42 Å². The summed E-state index contributed by atoms with van der Waals surface area (Å²) >= 11 is 1.22. The molecule has 0 N–H and O–H groups in total. The van der Waals surface area contributed by atoms with Gasteiger partial charge in [-0.15, -0.1) is 0 Å². The predicted octanol–water partition coefficient (Wildman–Crippen LogP) is 3.78. The van der Waals surface area contributed by atoms with Gasteiger partial charge in [0.05, 0.1) is 28.4 Å². The van der Waals surface area contributed by atoms with Crippen molar-refractivity contribution in [2.75, 3.05) is 63.3 Å². The molecule has 1 aromatic heterocycles. The van der Waals surface area contributed by atoms with Gasteiger partial charge in [0.25, 0.3) is 11.6 Å². The number of thiazole rings is 1. The monoisotopic (exact) mass is 487 g/mol. The highest BCUT2D eigenvalue weighted by Gasteiger charge is 2.27. The molecular weight excluding hydrogens is 461 g/mol. The quantitative estimate of drug-likeness (QED) is 0.353. The molecule has 0 radical (unpaired) electrons. The van der Waals surface area contributed by atoms with E-state index in [1.54, 1.807) is 18.2 Å². The number of hydrogen-bond acceptors (Lipinski definition) is 8. The van der Waals surface area contributed by atoms with Gasteiger partial charge in [0, 0.05) is 31.3 Å². The lowest BCUT2D eigenvalue weighted by Gasteiger charge is -2.28. The molecule has 2 aromatic carbocycles. The van der Waals surface area contributed by atoms with Gasteiger partial charge in [-0.25, -0.2) is 9.37 Å². The van der Waals surface area contributed by atoms with E-state index in [2.05, 4.69) is 4.98 Å². The maximum atomic E-state index is 13.7. The molecular formula is C23H26FN5O4S. The number of nitro benzene ring substituents is 1. The number of amides is 1. The summed E-state index contributed by atoms with van der Waals surface area (Å²) in [6, 6.07) is 8.88. The Bertz CT molecular complexity index is 1200. The van der Waals surface area contributed by atoms with Gasteiger partial charge >= 0.3 is 0 Å². The summed E-state index contributed by atoms with van der Waals surface area (Å²) in [7, 11) is 3.89. The Morgan fingerprint density at radius 1 is 1.21 bits per heavy atom. The molecule has 1 fully saturated rings. The van der Waals surface area contributed by atoms with Crippen molar-refractivity contribution in [3.8, 4) is 0 Å². The van der Waals surface area contributed by atoms with E-state index in [1.807, 2.05) is 23.9 Å². The smallest absolute Gasteiger partial charge is 0.293 e. The fraction of sp³-hybridized carbons (Fsp3) is 0.391. The van der Waals surface area contributed by atoms with E-state index in [-0.39, 0.29) is 23.0 Å². The van der Waals surface area contributed by atoms with E-state index in [9.17, 15) is 19.3 Å². The highest BCUT2D eigenvalue weighted by molar-refractivity contribution is 7.22. The number of anilines is 2. The first-order valence-corrected chi connectivity index (χ1v) is 11.8. The van der Waals surface area contributed by atoms with Gasteiger partial charge in [-0.3, -0.25) is 19.8 Å². The molecule has 1 saturated heterocycles. The predicted molar refractivity (Wildman–Crippen MR) is 131 cm³/mol. The number of morpholine rings is 1. The second-order valence-electron chi connectivity index (χ2n) is 8.28. The van der Waals surface area contributed by atoms with Crippen LogP contribution in [-0.2, 0) is 4.74 Å². The molecule has 4 rings (SSSR count). The standard InChI is InChI=1S/C23H26FN5O4S/c1-26(2)8-3-9-28(23-25-18-6-5-17(24)15-21(18)34-23)22(30)16-4-7-19(20(14-16)29(31)32)27-10-12-33-13-11-27/h4-7,14-15H,3,8-13H2,1-2H3. The van der Waals surface area contributed by atoms with Gasteiger partial charge in [-0.05, 0) is 57.4 Å². The number of fused-ring (bicyclic) bond motifs is 1. The Balaban J connectivity index is 1.68. The van der Waals surface area contributed by atoms with Crippen LogP contribution in [0.4, 0.5) is 20.9 Å². The molecule has 0 atom stereocenters. The molecule has 1 aliphatic heterocycles. The summed E-state index contributed by atoms with van der Waals surface area (Å²) in [6.07, 6.45) is 0.678. The van der Waals surface area contributed by atoms with Crippen LogP contribution in [0.15, 0.2) is 36.4 Å². The lowest BCUT2D eigenvalue weighted by atomic mass is 10.1. The fourth-order valence-electron chi connectivity index (χ4n) is 3.86. The molecule has 180 valence electrons. The van der Waals surface area contributed by atoms with E-state index in [0.717, 1.165) is 6.54 Å². The minimum Gasteiger partial charge on any atom is -0.378 e. The van der Waals surface area contributed by atoms with Gasteiger partial charge < -0.3 is 14.5 Å². The molecule has 9 nitrogen and oxygen atoms in total. The van der Waals surface area contributed by atoms with E-state index >= 15 is 0 Å². The van der Waals surface area contributed by atoms with Crippen LogP contribution in [0.25, 0.3) is 10.2 Å². The van der Waals surface area contributed by atoms with Crippen LogP contribution < -0.4 is 9.80 Å². The van der Waals surface area contributed by atoms with Crippen molar-refractivity contribution in [2.24, 2.45) is 0 Å². The van der Waals surface area contributed by atoms with Crippen molar-refractivity contribution < 1.29 is 18.8 Å². The third-order valence-electron chi connectivity index (χ3n) is 5.57. The van der Waals surface area contributed by atoms with Crippen LogP contribution in [0.3, 0.4) is 0 Å². The summed E-state index contributed by atoms with van der Waals surface area (Å²) in [5, 5.41) is 12.3. The lowest BCUT2D eigenvalue weighted by molar-refractivity contribution is -0.384. The number of hydrogen-bond donors (Lipinski definition) is 0. The van der Waals surface area contributed by atoms with Gasteiger partial charge in [-0.2, -0.15) is 0 Å². The molecule has 2 heterocycles. The molecule has 0 spiro atoms. The Kier molecular flexibility index (Phi) is 7.35. The highest BCUT2D eigenvalue weighted by atomic mass is 32.1. The van der Waals surface area contributed by atoms with Crippen LogP contribution in [0.2, 0.25) is 0 Å². The third kappa shape index (κ3) is 5.32. The first-order chi connectivity index (χ1) is 16.3. The molecule has 11 heteroatoms. The second kappa shape index (κ2) is 10.4. The minimum atomic E-state index is -0.460. The van der Waals surface area contributed by atoms with Gasteiger partial charge in [-0.1, -0.05) is 11.3 Å². The topological polar surface area (TPSA) is 92.0 Å². The summed E-state index contributed by atoms with van der Waals surface area (Å²) < 4.78 is 19.7. The number of nitro groups is 1. The Morgan fingerprint density at radius 2 is 1.97 bits per heavy atom. The van der Waals surface area contributed by atoms with Crippen molar-refractivity contribution in [3.63, 3.8) is 0 Å². The number of rotatable bonds is 8. The van der Waals surface area contributed by atoms with Crippen molar-refractivity contribution >= 4 is 44.0 Å².